The topological polar surface area (TPSA) is 75.9 Å². The quantitative estimate of drug-likeness (QED) is 0.469. The molecule has 3 rings (SSSR count). The summed E-state index contributed by atoms with van der Waals surface area (Å²) in [6, 6.07) is 11.0. The monoisotopic (exact) mass is 447 g/mol. The van der Waals surface area contributed by atoms with Crippen molar-refractivity contribution in [1.29, 1.82) is 0 Å². The van der Waals surface area contributed by atoms with Crippen LogP contribution in [0.1, 0.15) is 38.8 Å². The number of nitrogens with zero attached hydrogens (tertiary/aromatic N) is 3. The maximum Gasteiger partial charge on any atom is 0.311 e. The largest absolute Gasteiger partial charge is 0.477 e. The van der Waals surface area contributed by atoms with Gasteiger partial charge < -0.3 is 9.64 Å². The Balaban J connectivity index is 0.00000121. The minimum Gasteiger partial charge on any atom is -0.477 e. The van der Waals surface area contributed by atoms with Crippen molar-refractivity contribution in [3.63, 3.8) is 0 Å². The Bertz CT molecular complexity index is 851. The van der Waals surface area contributed by atoms with Gasteiger partial charge in [-0.25, -0.2) is 4.39 Å². The van der Waals surface area contributed by atoms with Crippen molar-refractivity contribution in [2.24, 2.45) is 0 Å². The summed E-state index contributed by atoms with van der Waals surface area (Å²) >= 11 is 0. The summed E-state index contributed by atoms with van der Waals surface area (Å²) in [6.07, 6.45) is 0. The van der Waals surface area contributed by atoms with E-state index in [2.05, 4.69) is 4.90 Å². The van der Waals surface area contributed by atoms with Gasteiger partial charge in [-0.05, 0) is 36.2 Å². The smallest absolute Gasteiger partial charge is 0.311 e. The molecule has 0 bridgehead atoms. The third-order valence-electron chi connectivity index (χ3n) is 4.71. The number of ether oxygens (including phenoxy) is 1. The number of aryl methyl sites for hydroxylation is 1. The summed E-state index contributed by atoms with van der Waals surface area (Å²) in [6.45, 7) is 12.7. The minimum absolute atomic E-state index is 0.0962. The predicted octanol–water partition coefficient (Wildman–Crippen LogP) is 4.82. The molecular formula is C24H34FN3O4. The van der Waals surface area contributed by atoms with Gasteiger partial charge in [0, 0.05) is 38.8 Å². The van der Waals surface area contributed by atoms with E-state index in [0.717, 1.165) is 11.1 Å². The van der Waals surface area contributed by atoms with Gasteiger partial charge in [0.05, 0.1) is 4.92 Å². The van der Waals surface area contributed by atoms with Crippen LogP contribution in [0.3, 0.4) is 0 Å². The van der Waals surface area contributed by atoms with Gasteiger partial charge in [0.1, 0.15) is 5.82 Å². The molecule has 1 amide bonds. The number of hydrogen-bond acceptors (Lipinski definition) is 5. The Hall–Kier alpha value is -3.00. The minimum atomic E-state index is -0.513. The summed E-state index contributed by atoms with van der Waals surface area (Å²) in [4.78, 5) is 26.9. The highest BCUT2D eigenvalue weighted by Gasteiger charge is 2.23. The average Bonchev–Trinajstić information content (AvgIpc) is 2.82. The molecule has 0 spiro atoms. The number of carbonyl (C=O) groups is 1. The molecule has 1 aliphatic heterocycles. The second-order valence-electron chi connectivity index (χ2n) is 6.80. The molecule has 1 fully saturated rings. The van der Waals surface area contributed by atoms with Crippen molar-refractivity contribution < 1.29 is 18.8 Å². The van der Waals surface area contributed by atoms with Gasteiger partial charge in [0.15, 0.2) is 12.4 Å². The molecule has 0 atom stereocenters. The SMILES string of the molecule is CC.CC.Cc1ccc(OCC(=O)N2CCN(Cc3ccc(F)cc3)CC2)c([N+](=O)[O-])c1. The highest BCUT2D eigenvalue weighted by molar-refractivity contribution is 5.78. The van der Waals surface area contributed by atoms with Crippen LogP contribution >= 0.6 is 0 Å². The number of halogens is 1. The van der Waals surface area contributed by atoms with E-state index in [4.69, 9.17) is 4.74 Å². The lowest BCUT2D eigenvalue weighted by Crippen LogP contribution is -2.49. The highest BCUT2D eigenvalue weighted by Crippen LogP contribution is 2.27. The van der Waals surface area contributed by atoms with Crippen molar-refractivity contribution in [2.45, 2.75) is 41.2 Å². The second-order valence-corrected chi connectivity index (χ2v) is 6.80. The Morgan fingerprint density at radius 2 is 1.62 bits per heavy atom. The third kappa shape index (κ3) is 8.26. The van der Waals surface area contributed by atoms with E-state index in [-0.39, 0.29) is 29.8 Å². The zero-order valence-corrected chi connectivity index (χ0v) is 19.6. The fourth-order valence-electron chi connectivity index (χ4n) is 3.13. The van der Waals surface area contributed by atoms with E-state index in [9.17, 15) is 19.3 Å². The molecule has 1 heterocycles. The molecule has 0 radical (unpaired) electrons. The highest BCUT2D eigenvalue weighted by atomic mass is 19.1. The van der Waals surface area contributed by atoms with Crippen molar-refractivity contribution in [3.05, 3.63) is 69.5 Å². The van der Waals surface area contributed by atoms with Crippen LogP contribution in [0.2, 0.25) is 0 Å². The fraction of sp³-hybridized carbons (Fsp3) is 0.458. The van der Waals surface area contributed by atoms with Gasteiger partial charge >= 0.3 is 5.69 Å². The molecule has 2 aromatic rings. The molecule has 7 nitrogen and oxygen atoms in total. The molecule has 176 valence electrons. The molecule has 0 unspecified atom stereocenters. The summed E-state index contributed by atoms with van der Waals surface area (Å²) in [5.74, 6) is -0.358. The molecule has 1 saturated heterocycles. The summed E-state index contributed by atoms with van der Waals surface area (Å²) in [7, 11) is 0. The number of rotatable bonds is 6. The molecular weight excluding hydrogens is 413 g/mol. The number of nitro groups is 1. The first-order valence-electron chi connectivity index (χ1n) is 11.0. The van der Waals surface area contributed by atoms with Crippen molar-refractivity contribution in [3.8, 4) is 5.75 Å². The van der Waals surface area contributed by atoms with E-state index in [0.29, 0.717) is 32.7 Å². The maximum atomic E-state index is 13.0. The third-order valence-corrected chi connectivity index (χ3v) is 4.71. The van der Waals surface area contributed by atoms with Gasteiger partial charge in [0.2, 0.25) is 0 Å². The molecule has 32 heavy (non-hydrogen) atoms. The molecule has 8 heteroatoms. The van der Waals surface area contributed by atoms with Crippen molar-refractivity contribution in [1.82, 2.24) is 9.80 Å². The first-order chi connectivity index (χ1) is 15.4. The number of piperazine rings is 1. The predicted molar refractivity (Wildman–Crippen MR) is 124 cm³/mol. The lowest BCUT2D eigenvalue weighted by Gasteiger charge is -2.34. The number of amides is 1. The summed E-state index contributed by atoms with van der Waals surface area (Å²) < 4.78 is 18.4. The van der Waals surface area contributed by atoms with Gasteiger partial charge in [-0.15, -0.1) is 0 Å². The van der Waals surface area contributed by atoms with Gasteiger partial charge in [-0.1, -0.05) is 45.9 Å². The van der Waals surface area contributed by atoms with Crippen LogP contribution in [0.4, 0.5) is 10.1 Å². The van der Waals surface area contributed by atoms with Crippen molar-refractivity contribution >= 4 is 11.6 Å². The van der Waals surface area contributed by atoms with Gasteiger partial charge in [0.25, 0.3) is 5.91 Å². The molecule has 0 N–H and O–H groups in total. The Kier molecular flexibility index (Phi) is 11.9. The zero-order chi connectivity index (χ0) is 24.1. The number of nitro benzene ring substituents is 1. The van der Waals surface area contributed by atoms with Crippen molar-refractivity contribution in [2.75, 3.05) is 32.8 Å². The van der Waals surface area contributed by atoms with Gasteiger partial charge in [-0.3, -0.25) is 19.8 Å². The molecule has 1 aliphatic rings. The normalized spacial score (nSPS) is 13.2. The Morgan fingerprint density at radius 3 is 2.19 bits per heavy atom. The first-order valence-corrected chi connectivity index (χ1v) is 11.0. The van der Waals surface area contributed by atoms with E-state index in [1.165, 1.54) is 24.3 Å². The fourth-order valence-corrected chi connectivity index (χ4v) is 3.13. The molecule has 0 aromatic heterocycles. The van der Waals surface area contributed by atoms with Crippen LogP contribution in [-0.4, -0.2) is 53.4 Å². The van der Waals surface area contributed by atoms with Crippen LogP contribution in [0, 0.1) is 22.9 Å². The standard InChI is InChI=1S/C20H22FN3O4.2C2H6/c1-15-2-7-19(18(12-15)24(26)27)28-14-20(25)23-10-8-22(9-11-23)13-16-3-5-17(21)6-4-16;2*1-2/h2-7,12H,8-11,13-14H2,1H3;2*1-2H3. The number of benzene rings is 2. The Labute approximate surface area is 189 Å². The lowest BCUT2D eigenvalue weighted by molar-refractivity contribution is -0.385. The number of carbonyl (C=O) groups excluding carboxylic acids is 1. The van der Waals surface area contributed by atoms with Crippen LogP contribution in [0.15, 0.2) is 42.5 Å². The van der Waals surface area contributed by atoms with Crippen LogP contribution in [-0.2, 0) is 11.3 Å². The lowest BCUT2D eigenvalue weighted by atomic mass is 10.2. The van der Waals surface area contributed by atoms with E-state index in [1.807, 2.05) is 27.7 Å². The summed E-state index contributed by atoms with van der Waals surface area (Å²) in [5.41, 5.74) is 1.63. The molecule has 0 saturated carbocycles. The number of hydrogen-bond donors (Lipinski definition) is 0. The van der Waals surface area contributed by atoms with Crippen LogP contribution in [0.5, 0.6) is 5.75 Å². The zero-order valence-electron chi connectivity index (χ0n) is 19.6. The van der Waals surface area contributed by atoms with Gasteiger partial charge in [-0.2, -0.15) is 0 Å². The molecule has 2 aromatic carbocycles. The van der Waals surface area contributed by atoms with Crippen LogP contribution in [0.25, 0.3) is 0 Å². The van der Waals surface area contributed by atoms with E-state index in [1.54, 1.807) is 30.0 Å². The van der Waals surface area contributed by atoms with E-state index < -0.39 is 4.92 Å². The maximum absolute atomic E-state index is 13.0. The Morgan fingerprint density at radius 1 is 1.03 bits per heavy atom. The second kappa shape index (κ2) is 14.1. The first kappa shape index (κ1) is 27.0. The van der Waals surface area contributed by atoms with E-state index >= 15 is 0 Å². The molecule has 0 aliphatic carbocycles. The summed E-state index contributed by atoms with van der Waals surface area (Å²) in [5, 5.41) is 11.1. The average molecular weight is 448 g/mol. The van der Waals surface area contributed by atoms with Crippen LogP contribution < -0.4 is 4.74 Å².